The number of amides is 1. The van der Waals surface area contributed by atoms with Crippen LogP contribution in [-0.2, 0) is 7.05 Å². The fourth-order valence-electron chi connectivity index (χ4n) is 4.47. The normalized spacial score (nSPS) is 13.4. The molecule has 7 nitrogen and oxygen atoms in total. The summed E-state index contributed by atoms with van der Waals surface area (Å²) in [7, 11) is 1.82. The second kappa shape index (κ2) is 9.26. The molecular formula is C29H25N6O. The quantitative estimate of drug-likeness (QED) is 0.315. The Kier molecular flexibility index (Phi) is 5.65. The molecule has 0 spiro atoms. The number of hydrogen-bond acceptors (Lipinski definition) is 5. The zero-order chi connectivity index (χ0) is 24.5. The molecule has 7 heteroatoms. The lowest BCUT2D eigenvalue weighted by Crippen LogP contribution is -2.30. The van der Waals surface area contributed by atoms with Crippen molar-refractivity contribution in [3.05, 3.63) is 103 Å². The van der Waals surface area contributed by atoms with Crippen molar-refractivity contribution in [3.63, 3.8) is 0 Å². The summed E-state index contributed by atoms with van der Waals surface area (Å²) < 4.78 is 1.72. The summed E-state index contributed by atoms with van der Waals surface area (Å²) in [5.41, 5.74) is 12.1. The highest BCUT2D eigenvalue weighted by Gasteiger charge is 2.21. The number of nitrogens with zero attached hydrogens (tertiary/aromatic N) is 4. The number of hydrazine groups is 1. The second-order valence-electron chi connectivity index (χ2n) is 9.01. The maximum Gasteiger partial charge on any atom is 0.289 e. The first kappa shape index (κ1) is 22.0. The third-order valence-electron chi connectivity index (χ3n) is 6.58. The van der Waals surface area contributed by atoms with Gasteiger partial charge in [0.05, 0.1) is 17.5 Å². The van der Waals surface area contributed by atoms with Crippen molar-refractivity contribution in [1.82, 2.24) is 24.9 Å². The zero-order valence-electron chi connectivity index (χ0n) is 19.9. The van der Waals surface area contributed by atoms with Gasteiger partial charge in [-0.15, -0.1) is 0 Å². The zero-order valence-corrected chi connectivity index (χ0v) is 19.9. The monoisotopic (exact) mass is 473 g/mol. The molecule has 1 aliphatic carbocycles. The van der Waals surface area contributed by atoms with Crippen molar-refractivity contribution in [1.29, 1.82) is 0 Å². The van der Waals surface area contributed by atoms with E-state index in [0.717, 1.165) is 33.3 Å². The van der Waals surface area contributed by atoms with Gasteiger partial charge in [0.25, 0.3) is 5.91 Å². The molecule has 1 amide bonds. The first-order valence-electron chi connectivity index (χ1n) is 12.0. The van der Waals surface area contributed by atoms with E-state index in [1.807, 2.05) is 31.3 Å². The van der Waals surface area contributed by atoms with Crippen LogP contribution in [0.15, 0.2) is 85.5 Å². The lowest BCUT2D eigenvalue weighted by Gasteiger charge is -2.25. The number of imidazole rings is 1. The summed E-state index contributed by atoms with van der Waals surface area (Å²) in [4.78, 5) is 26.1. The fourth-order valence-corrected chi connectivity index (χ4v) is 4.47. The van der Waals surface area contributed by atoms with Gasteiger partial charge in [0.15, 0.2) is 5.82 Å². The van der Waals surface area contributed by atoms with Gasteiger partial charge < -0.3 is 4.57 Å². The predicted molar refractivity (Wildman–Crippen MR) is 141 cm³/mol. The number of anilines is 1. The van der Waals surface area contributed by atoms with E-state index in [0.29, 0.717) is 11.5 Å². The lowest BCUT2D eigenvalue weighted by atomic mass is 9.80. The van der Waals surface area contributed by atoms with Crippen LogP contribution in [0.5, 0.6) is 0 Å². The molecule has 1 fully saturated rings. The van der Waals surface area contributed by atoms with E-state index >= 15 is 0 Å². The Bertz CT molecular complexity index is 1540. The number of aromatic nitrogens is 4. The van der Waals surface area contributed by atoms with Gasteiger partial charge in [0, 0.05) is 41.9 Å². The van der Waals surface area contributed by atoms with Crippen LogP contribution in [0.2, 0.25) is 0 Å². The van der Waals surface area contributed by atoms with Gasteiger partial charge in [-0.1, -0.05) is 61.0 Å². The molecule has 0 bridgehead atoms. The summed E-state index contributed by atoms with van der Waals surface area (Å²) in [5.74, 6) is 1.71. The Morgan fingerprint density at radius 1 is 0.917 bits per heavy atom. The number of carbonyl (C=O) groups is 1. The summed E-state index contributed by atoms with van der Waals surface area (Å²) in [5, 5.41) is 0.808. The number of hydrogen-bond donors (Lipinski definition) is 2. The molecule has 2 aromatic carbocycles. The third kappa shape index (κ3) is 4.20. The molecule has 0 atom stereocenters. The Morgan fingerprint density at radius 3 is 2.39 bits per heavy atom. The van der Waals surface area contributed by atoms with Gasteiger partial charge in [-0.05, 0) is 36.1 Å². The van der Waals surface area contributed by atoms with E-state index in [-0.39, 0.29) is 5.91 Å². The van der Waals surface area contributed by atoms with Crippen molar-refractivity contribution >= 4 is 22.6 Å². The molecule has 36 heavy (non-hydrogen) atoms. The SMILES string of the molecule is Cn1cnc(C(=O)NNc2nccc3nc(-c4ccc([C]5CCC5)cc4)c(-c4ccccc4)cc23)c1. The van der Waals surface area contributed by atoms with E-state index in [4.69, 9.17) is 4.98 Å². The molecule has 0 saturated heterocycles. The highest BCUT2D eigenvalue weighted by molar-refractivity contribution is 5.98. The van der Waals surface area contributed by atoms with E-state index < -0.39 is 0 Å². The Hall–Kier alpha value is -4.52. The van der Waals surface area contributed by atoms with Crippen LogP contribution in [0.25, 0.3) is 33.3 Å². The minimum atomic E-state index is -0.341. The molecular weight excluding hydrogens is 448 g/mol. The molecule has 0 unspecified atom stereocenters. The first-order chi connectivity index (χ1) is 17.7. The Morgan fingerprint density at radius 2 is 1.69 bits per heavy atom. The van der Waals surface area contributed by atoms with E-state index in [1.165, 1.54) is 30.7 Å². The molecule has 2 N–H and O–H groups in total. The molecule has 1 radical (unpaired) electrons. The number of benzene rings is 2. The van der Waals surface area contributed by atoms with Crippen LogP contribution >= 0.6 is 0 Å². The molecule has 5 aromatic rings. The van der Waals surface area contributed by atoms with E-state index in [2.05, 4.69) is 63.3 Å². The maximum atomic E-state index is 12.5. The first-order valence-corrected chi connectivity index (χ1v) is 12.0. The van der Waals surface area contributed by atoms with Gasteiger partial charge in [-0.2, -0.15) is 0 Å². The standard InChI is InChI=1S/C29H25N6O/c1-35-17-26(31-18-35)29(36)34-33-28-24-16-23(21-6-3-2-4-7-21)27(32-25(24)14-15-30-28)22-12-10-20(11-13-22)19-8-5-9-19/h2-4,6-7,10-18H,5,8-9H2,1H3,(H,30,33)(H,34,36). The molecule has 1 aliphatic rings. The number of rotatable bonds is 6. The number of nitrogens with one attached hydrogen (secondary N) is 2. The third-order valence-corrected chi connectivity index (χ3v) is 6.58. The average molecular weight is 474 g/mol. The van der Waals surface area contributed by atoms with Crippen molar-refractivity contribution < 1.29 is 4.79 Å². The van der Waals surface area contributed by atoms with Crippen LogP contribution in [0, 0.1) is 5.92 Å². The predicted octanol–water partition coefficient (Wildman–Crippen LogP) is 5.56. The van der Waals surface area contributed by atoms with Crippen molar-refractivity contribution in [2.45, 2.75) is 19.3 Å². The van der Waals surface area contributed by atoms with Gasteiger partial charge in [-0.3, -0.25) is 15.6 Å². The summed E-state index contributed by atoms with van der Waals surface area (Å²) in [6, 6.07) is 22.9. The van der Waals surface area contributed by atoms with Crippen LogP contribution in [0.4, 0.5) is 5.82 Å². The minimum absolute atomic E-state index is 0.319. The van der Waals surface area contributed by atoms with Gasteiger partial charge >= 0.3 is 0 Å². The van der Waals surface area contributed by atoms with Crippen molar-refractivity contribution in [2.24, 2.45) is 7.05 Å². The maximum absolute atomic E-state index is 12.5. The average Bonchev–Trinajstić information content (AvgIpc) is 3.33. The highest BCUT2D eigenvalue weighted by Crippen LogP contribution is 2.38. The number of fused-ring (bicyclic) bond motifs is 1. The van der Waals surface area contributed by atoms with E-state index in [1.54, 1.807) is 23.3 Å². The number of pyridine rings is 2. The summed E-state index contributed by atoms with van der Waals surface area (Å²) in [6.07, 6.45) is 8.61. The number of aryl methyl sites for hydroxylation is 1. The minimum Gasteiger partial charge on any atom is -0.340 e. The lowest BCUT2D eigenvalue weighted by molar-refractivity contribution is 0.0958. The largest absolute Gasteiger partial charge is 0.340 e. The molecule has 0 aliphatic heterocycles. The highest BCUT2D eigenvalue weighted by atomic mass is 16.2. The van der Waals surface area contributed by atoms with Crippen LogP contribution < -0.4 is 10.9 Å². The molecule has 6 rings (SSSR count). The van der Waals surface area contributed by atoms with Gasteiger partial charge in [-0.25, -0.2) is 15.0 Å². The second-order valence-corrected chi connectivity index (χ2v) is 9.01. The van der Waals surface area contributed by atoms with Crippen LogP contribution in [-0.4, -0.2) is 25.4 Å². The van der Waals surface area contributed by atoms with Gasteiger partial charge in [0.1, 0.15) is 5.69 Å². The summed E-state index contributed by atoms with van der Waals surface area (Å²) >= 11 is 0. The van der Waals surface area contributed by atoms with Crippen LogP contribution in [0.3, 0.4) is 0 Å². The molecule has 3 heterocycles. The number of carbonyl (C=O) groups excluding carboxylic acids is 1. The molecule has 3 aromatic heterocycles. The fraction of sp³-hybridized carbons (Fsp3) is 0.138. The van der Waals surface area contributed by atoms with Crippen LogP contribution in [0.1, 0.15) is 35.3 Å². The molecule has 1 saturated carbocycles. The Labute approximate surface area is 209 Å². The van der Waals surface area contributed by atoms with Crippen molar-refractivity contribution in [3.8, 4) is 22.4 Å². The molecule has 177 valence electrons. The van der Waals surface area contributed by atoms with E-state index in [9.17, 15) is 4.79 Å². The Balaban J connectivity index is 1.39. The summed E-state index contributed by atoms with van der Waals surface area (Å²) in [6.45, 7) is 0. The smallest absolute Gasteiger partial charge is 0.289 e. The van der Waals surface area contributed by atoms with Crippen molar-refractivity contribution in [2.75, 3.05) is 5.43 Å². The van der Waals surface area contributed by atoms with Gasteiger partial charge in [0.2, 0.25) is 0 Å². The topological polar surface area (TPSA) is 84.7 Å².